The standard InChI is InChI=1S/C13H17ClFN/c14-13-7-10(9-15)4-5-11(13)8-12-3-1-2-6-16-12/h4-5,7,12,16H,1-3,6,8-9H2. The van der Waals surface area contributed by atoms with E-state index in [1.165, 1.54) is 19.3 Å². The van der Waals surface area contributed by atoms with E-state index >= 15 is 0 Å². The molecule has 0 amide bonds. The van der Waals surface area contributed by atoms with Crippen LogP contribution >= 0.6 is 11.6 Å². The van der Waals surface area contributed by atoms with Crippen molar-refractivity contribution in [3.63, 3.8) is 0 Å². The topological polar surface area (TPSA) is 12.0 Å². The van der Waals surface area contributed by atoms with Crippen LogP contribution in [0.25, 0.3) is 0 Å². The van der Waals surface area contributed by atoms with Gasteiger partial charge in [-0.2, -0.15) is 0 Å². The lowest BCUT2D eigenvalue weighted by Crippen LogP contribution is -2.35. The molecule has 2 rings (SSSR count). The summed E-state index contributed by atoms with van der Waals surface area (Å²) in [6.45, 7) is 0.659. The molecule has 1 saturated heterocycles. The van der Waals surface area contributed by atoms with E-state index in [0.29, 0.717) is 16.6 Å². The molecule has 1 aromatic rings. The van der Waals surface area contributed by atoms with E-state index in [-0.39, 0.29) is 0 Å². The number of hydrogen-bond donors (Lipinski definition) is 1. The molecule has 16 heavy (non-hydrogen) atoms. The second kappa shape index (κ2) is 5.65. The van der Waals surface area contributed by atoms with Gasteiger partial charge in [0.25, 0.3) is 0 Å². The Hall–Kier alpha value is -0.600. The van der Waals surface area contributed by atoms with Gasteiger partial charge in [-0.1, -0.05) is 30.2 Å². The minimum Gasteiger partial charge on any atom is -0.314 e. The van der Waals surface area contributed by atoms with Gasteiger partial charge in [0.2, 0.25) is 0 Å². The van der Waals surface area contributed by atoms with Crippen molar-refractivity contribution in [2.75, 3.05) is 6.54 Å². The third kappa shape index (κ3) is 2.96. The fourth-order valence-corrected chi connectivity index (χ4v) is 2.48. The first-order valence-corrected chi connectivity index (χ1v) is 6.24. The molecule has 0 aromatic heterocycles. The summed E-state index contributed by atoms with van der Waals surface area (Å²) in [5.74, 6) is 0. The summed E-state index contributed by atoms with van der Waals surface area (Å²) in [5, 5.41) is 4.19. The molecule has 1 atom stereocenters. The Morgan fingerprint density at radius 2 is 2.25 bits per heavy atom. The number of halogens is 2. The molecule has 1 aromatic carbocycles. The molecule has 0 bridgehead atoms. The van der Waals surface area contributed by atoms with Crippen LogP contribution in [-0.2, 0) is 13.1 Å². The fraction of sp³-hybridized carbons (Fsp3) is 0.538. The normalized spacial score (nSPS) is 21.0. The van der Waals surface area contributed by atoms with Crippen LogP contribution in [0, 0.1) is 0 Å². The van der Waals surface area contributed by atoms with Crippen molar-refractivity contribution in [2.24, 2.45) is 0 Å². The zero-order chi connectivity index (χ0) is 11.4. The van der Waals surface area contributed by atoms with Crippen LogP contribution in [0.2, 0.25) is 5.02 Å². The summed E-state index contributed by atoms with van der Waals surface area (Å²) >= 11 is 6.13. The number of rotatable bonds is 3. The van der Waals surface area contributed by atoms with Crippen molar-refractivity contribution in [3.8, 4) is 0 Å². The lowest BCUT2D eigenvalue weighted by atomic mass is 9.97. The average molecular weight is 242 g/mol. The van der Waals surface area contributed by atoms with Crippen LogP contribution in [-0.4, -0.2) is 12.6 Å². The van der Waals surface area contributed by atoms with Crippen LogP contribution in [0.3, 0.4) is 0 Å². The number of piperidine rings is 1. The Morgan fingerprint density at radius 1 is 1.38 bits per heavy atom. The van der Waals surface area contributed by atoms with E-state index < -0.39 is 6.67 Å². The number of hydrogen-bond acceptors (Lipinski definition) is 1. The third-order valence-corrected chi connectivity index (χ3v) is 3.50. The quantitative estimate of drug-likeness (QED) is 0.854. The molecule has 1 heterocycles. The monoisotopic (exact) mass is 241 g/mol. The maximum absolute atomic E-state index is 12.4. The largest absolute Gasteiger partial charge is 0.314 e. The van der Waals surface area contributed by atoms with Gasteiger partial charge < -0.3 is 5.32 Å². The molecule has 1 aliphatic rings. The van der Waals surface area contributed by atoms with Gasteiger partial charge in [-0.05, 0) is 43.0 Å². The second-order valence-corrected chi connectivity index (χ2v) is 4.82. The molecule has 0 aliphatic carbocycles. The molecule has 0 saturated carbocycles. The molecule has 1 N–H and O–H groups in total. The van der Waals surface area contributed by atoms with Gasteiger partial charge in [0.05, 0.1) is 0 Å². The van der Waals surface area contributed by atoms with Crippen molar-refractivity contribution < 1.29 is 4.39 Å². The van der Waals surface area contributed by atoms with Crippen molar-refractivity contribution >= 4 is 11.6 Å². The molecule has 1 aliphatic heterocycles. The van der Waals surface area contributed by atoms with Gasteiger partial charge in [-0.15, -0.1) is 0 Å². The van der Waals surface area contributed by atoms with Crippen molar-refractivity contribution in [1.82, 2.24) is 5.32 Å². The number of benzene rings is 1. The lowest BCUT2D eigenvalue weighted by molar-refractivity contribution is 0.399. The van der Waals surface area contributed by atoms with Gasteiger partial charge >= 0.3 is 0 Å². The predicted molar refractivity (Wildman–Crippen MR) is 65.6 cm³/mol. The SMILES string of the molecule is FCc1ccc(CC2CCCCN2)c(Cl)c1. The highest BCUT2D eigenvalue weighted by Crippen LogP contribution is 2.22. The Labute approximate surface area is 101 Å². The summed E-state index contributed by atoms with van der Waals surface area (Å²) in [7, 11) is 0. The molecular weight excluding hydrogens is 225 g/mol. The van der Waals surface area contributed by atoms with E-state index in [9.17, 15) is 4.39 Å². The highest BCUT2D eigenvalue weighted by Gasteiger charge is 2.14. The predicted octanol–water partition coefficient (Wildman–Crippen LogP) is 3.49. The zero-order valence-corrected chi connectivity index (χ0v) is 10.1. The summed E-state index contributed by atoms with van der Waals surface area (Å²) < 4.78 is 12.4. The zero-order valence-electron chi connectivity index (χ0n) is 9.31. The fourth-order valence-electron chi connectivity index (χ4n) is 2.20. The molecule has 0 radical (unpaired) electrons. The van der Waals surface area contributed by atoms with Crippen LogP contribution < -0.4 is 5.32 Å². The highest BCUT2D eigenvalue weighted by atomic mass is 35.5. The van der Waals surface area contributed by atoms with E-state index in [1.807, 2.05) is 12.1 Å². The van der Waals surface area contributed by atoms with E-state index in [4.69, 9.17) is 11.6 Å². The molecule has 1 fully saturated rings. The van der Waals surface area contributed by atoms with Gasteiger partial charge in [-0.3, -0.25) is 0 Å². The number of alkyl halides is 1. The molecule has 3 heteroatoms. The first-order chi connectivity index (χ1) is 7.79. The molecule has 0 spiro atoms. The Kier molecular flexibility index (Phi) is 4.19. The Morgan fingerprint density at radius 3 is 2.88 bits per heavy atom. The van der Waals surface area contributed by atoms with E-state index in [0.717, 1.165) is 18.5 Å². The summed E-state index contributed by atoms with van der Waals surface area (Å²) in [6, 6.07) is 6.04. The third-order valence-electron chi connectivity index (χ3n) is 3.15. The first-order valence-electron chi connectivity index (χ1n) is 5.86. The van der Waals surface area contributed by atoms with Gasteiger partial charge in [0.1, 0.15) is 6.67 Å². The Bertz CT molecular complexity index is 348. The van der Waals surface area contributed by atoms with Crippen molar-refractivity contribution in [1.29, 1.82) is 0 Å². The van der Waals surface area contributed by atoms with Crippen LogP contribution in [0.15, 0.2) is 18.2 Å². The summed E-state index contributed by atoms with van der Waals surface area (Å²) in [6.07, 6.45) is 4.72. The van der Waals surface area contributed by atoms with Crippen molar-refractivity contribution in [2.45, 2.75) is 38.4 Å². The first kappa shape index (κ1) is 11.9. The van der Waals surface area contributed by atoms with E-state index in [2.05, 4.69) is 5.32 Å². The average Bonchev–Trinajstić information content (AvgIpc) is 2.33. The van der Waals surface area contributed by atoms with Gasteiger partial charge in [0, 0.05) is 11.1 Å². The Balaban J connectivity index is 2.03. The van der Waals surface area contributed by atoms with Crippen LogP contribution in [0.4, 0.5) is 4.39 Å². The molecule has 1 unspecified atom stereocenters. The van der Waals surface area contributed by atoms with Crippen LogP contribution in [0.1, 0.15) is 30.4 Å². The molecular formula is C13H17ClFN. The number of nitrogens with one attached hydrogen (secondary N) is 1. The van der Waals surface area contributed by atoms with Crippen molar-refractivity contribution in [3.05, 3.63) is 34.3 Å². The summed E-state index contributed by atoms with van der Waals surface area (Å²) in [5.41, 5.74) is 1.78. The van der Waals surface area contributed by atoms with Crippen LogP contribution in [0.5, 0.6) is 0 Å². The smallest absolute Gasteiger partial charge is 0.115 e. The highest BCUT2D eigenvalue weighted by molar-refractivity contribution is 6.31. The van der Waals surface area contributed by atoms with E-state index in [1.54, 1.807) is 6.07 Å². The van der Waals surface area contributed by atoms with Gasteiger partial charge in [-0.25, -0.2) is 4.39 Å². The second-order valence-electron chi connectivity index (χ2n) is 4.41. The molecule has 88 valence electrons. The minimum absolute atomic E-state index is 0.443. The minimum atomic E-state index is -0.443. The lowest BCUT2D eigenvalue weighted by Gasteiger charge is -2.23. The maximum Gasteiger partial charge on any atom is 0.115 e. The summed E-state index contributed by atoms with van der Waals surface area (Å²) in [4.78, 5) is 0. The maximum atomic E-state index is 12.4. The van der Waals surface area contributed by atoms with Gasteiger partial charge in [0.15, 0.2) is 0 Å². The molecule has 1 nitrogen and oxygen atoms in total.